The molecule has 1 aromatic carbocycles. The topological polar surface area (TPSA) is 61.8 Å². The summed E-state index contributed by atoms with van der Waals surface area (Å²) in [6.45, 7) is 8.55. The second-order valence-electron chi connectivity index (χ2n) is 4.67. The molecule has 1 rings (SSSR count). The van der Waals surface area contributed by atoms with Gasteiger partial charge >= 0.3 is 11.9 Å². The summed E-state index contributed by atoms with van der Waals surface area (Å²) in [5.74, 6) is -0.814. The smallest absolute Gasteiger partial charge is 0.351 e. The summed E-state index contributed by atoms with van der Waals surface area (Å²) < 4.78 is 15.2. The first-order valence-corrected chi connectivity index (χ1v) is 7.13. The summed E-state index contributed by atoms with van der Waals surface area (Å²) in [6.07, 6.45) is -1.12. The molecule has 0 aliphatic rings. The molecule has 0 fully saturated rings. The van der Waals surface area contributed by atoms with E-state index in [-0.39, 0.29) is 13.2 Å². The van der Waals surface area contributed by atoms with Gasteiger partial charge in [-0.15, -0.1) is 0 Å². The third kappa shape index (κ3) is 5.41. The minimum absolute atomic E-state index is 0.195. The summed E-state index contributed by atoms with van der Waals surface area (Å²) in [5.41, 5.74) is 1.18. The summed E-state index contributed by atoms with van der Waals surface area (Å²) in [5, 5.41) is 0.581. The first kappa shape index (κ1) is 18.0. The number of esters is 2. The lowest BCUT2D eigenvalue weighted by Crippen LogP contribution is -2.32. The van der Waals surface area contributed by atoms with Gasteiger partial charge in [-0.2, -0.15) is 0 Å². The van der Waals surface area contributed by atoms with Crippen LogP contribution in [0.3, 0.4) is 0 Å². The summed E-state index contributed by atoms with van der Waals surface area (Å²) >= 11 is 5.84. The van der Waals surface area contributed by atoms with Crippen molar-refractivity contribution in [3.63, 3.8) is 0 Å². The van der Waals surface area contributed by atoms with Crippen LogP contribution in [0.25, 0.3) is 0 Å². The number of benzene rings is 1. The maximum atomic E-state index is 11.8. The molecule has 0 heterocycles. The van der Waals surface area contributed by atoms with Crippen LogP contribution in [-0.4, -0.2) is 31.3 Å². The lowest BCUT2D eigenvalue weighted by Gasteiger charge is -2.16. The molecule has 1 aromatic rings. The van der Waals surface area contributed by atoms with Gasteiger partial charge < -0.3 is 14.2 Å². The van der Waals surface area contributed by atoms with Crippen LogP contribution in [0.1, 0.15) is 19.4 Å². The number of ether oxygens (including phenoxy) is 3. The number of hydrogen-bond donors (Lipinski definition) is 0. The number of carbonyl (C=O) groups excluding carboxylic acids is 2. The lowest BCUT2D eigenvalue weighted by molar-refractivity contribution is -0.166. The van der Waals surface area contributed by atoms with Gasteiger partial charge in [0.1, 0.15) is 5.75 Å². The van der Waals surface area contributed by atoms with Crippen LogP contribution in [0.15, 0.2) is 30.4 Å². The van der Waals surface area contributed by atoms with E-state index in [1.807, 2.05) is 6.92 Å². The molecule has 0 saturated heterocycles. The molecule has 120 valence electrons. The maximum absolute atomic E-state index is 11.8. The van der Waals surface area contributed by atoms with E-state index in [2.05, 4.69) is 6.58 Å². The van der Waals surface area contributed by atoms with E-state index in [0.29, 0.717) is 16.3 Å². The van der Waals surface area contributed by atoms with E-state index in [1.54, 1.807) is 32.0 Å². The van der Waals surface area contributed by atoms with Crippen molar-refractivity contribution in [2.45, 2.75) is 26.9 Å². The van der Waals surface area contributed by atoms with Crippen molar-refractivity contribution in [2.24, 2.45) is 0 Å². The summed E-state index contributed by atoms with van der Waals surface area (Å²) in [7, 11) is 0. The van der Waals surface area contributed by atoms with Crippen molar-refractivity contribution < 1.29 is 23.8 Å². The average Bonchev–Trinajstić information content (AvgIpc) is 2.43. The first-order valence-electron chi connectivity index (χ1n) is 6.75. The van der Waals surface area contributed by atoms with Gasteiger partial charge in [0.05, 0.1) is 6.61 Å². The molecular formula is C16H19ClO5. The molecule has 0 bridgehead atoms. The van der Waals surface area contributed by atoms with Crippen LogP contribution in [-0.2, 0) is 19.1 Å². The number of aryl methyl sites for hydroxylation is 1. The van der Waals surface area contributed by atoms with Crippen molar-refractivity contribution in [2.75, 3.05) is 13.2 Å². The highest BCUT2D eigenvalue weighted by molar-refractivity contribution is 6.30. The van der Waals surface area contributed by atoms with Gasteiger partial charge in [-0.1, -0.05) is 18.2 Å². The van der Waals surface area contributed by atoms with E-state index < -0.39 is 18.0 Å². The highest BCUT2D eigenvalue weighted by Gasteiger charge is 2.25. The summed E-state index contributed by atoms with van der Waals surface area (Å²) in [6, 6.07) is 5.04. The molecule has 6 heteroatoms. The van der Waals surface area contributed by atoms with Crippen molar-refractivity contribution in [3.05, 3.63) is 40.9 Å². The minimum Gasteiger partial charge on any atom is -0.482 e. The molecule has 1 unspecified atom stereocenters. The third-order valence-corrected chi connectivity index (χ3v) is 2.92. The molecule has 0 N–H and O–H groups in total. The Labute approximate surface area is 134 Å². The molecule has 5 nitrogen and oxygen atoms in total. The van der Waals surface area contributed by atoms with E-state index in [0.717, 1.165) is 5.56 Å². The SMILES string of the molecule is C=C(C)C(OC(=O)COc1ccc(Cl)cc1C)C(=O)OCC. The van der Waals surface area contributed by atoms with Crippen LogP contribution < -0.4 is 4.74 Å². The predicted molar refractivity (Wildman–Crippen MR) is 83.0 cm³/mol. The largest absolute Gasteiger partial charge is 0.482 e. The minimum atomic E-state index is -1.12. The highest BCUT2D eigenvalue weighted by Crippen LogP contribution is 2.21. The van der Waals surface area contributed by atoms with Gasteiger partial charge in [-0.05, 0) is 50.1 Å². The Balaban J connectivity index is 2.60. The standard InChI is InChI=1S/C16H19ClO5/c1-5-20-16(19)15(10(2)3)22-14(18)9-21-13-7-6-12(17)8-11(13)4/h6-8,15H,2,5,9H2,1,3-4H3. The number of carbonyl (C=O) groups is 2. The van der Waals surface area contributed by atoms with Crippen molar-refractivity contribution in [3.8, 4) is 5.75 Å². The van der Waals surface area contributed by atoms with Crippen LogP contribution >= 0.6 is 11.6 Å². The van der Waals surface area contributed by atoms with Gasteiger partial charge in [-0.25, -0.2) is 9.59 Å². The Morgan fingerprint density at radius 1 is 1.36 bits per heavy atom. The molecule has 0 saturated carbocycles. The molecular weight excluding hydrogens is 308 g/mol. The number of halogens is 1. The van der Waals surface area contributed by atoms with Crippen LogP contribution in [0.4, 0.5) is 0 Å². The van der Waals surface area contributed by atoms with Gasteiger partial charge in [-0.3, -0.25) is 0 Å². The van der Waals surface area contributed by atoms with E-state index >= 15 is 0 Å². The molecule has 0 aromatic heterocycles. The highest BCUT2D eigenvalue weighted by atomic mass is 35.5. The fourth-order valence-electron chi connectivity index (χ4n) is 1.64. The number of rotatable bonds is 7. The Kier molecular flexibility index (Phi) is 6.92. The molecule has 0 amide bonds. The Bertz CT molecular complexity index is 568. The van der Waals surface area contributed by atoms with E-state index in [1.165, 1.54) is 0 Å². The van der Waals surface area contributed by atoms with Gasteiger partial charge in [0.2, 0.25) is 6.10 Å². The van der Waals surface area contributed by atoms with E-state index in [4.69, 9.17) is 25.8 Å². The van der Waals surface area contributed by atoms with Crippen molar-refractivity contribution in [1.29, 1.82) is 0 Å². The Hall–Kier alpha value is -2.01. The molecule has 22 heavy (non-hydrogen) atoms. The molecule has 0 aliphatic carbocycles. The predicted octanol–water partition coefficient (Wildman–Crippen LogP) is 3.08. The van der Waals surface area contributed by atoms with Crippen LogP contribution in [0, 0.1) is 6.92 Å². The second-order valence-corrected chi connectivity index (χ2v) is 5.10. The van der Waals surface area contributed by atoms with Crippen molar-refractivity contribution in [1.82, 2.24) is 0 Å². The Morgan fingerprint density at radius 3 is 2.59 bits per heavy atom. The maximum Gasteiger partial charge on any atom is 0.351 e. The molecule has 0 spiro atoms. The van der Waals surface area contributed by atoms with Gasteiger partial charge in [0.15, 0.2) is 6.61 Å². The van der Waals surface area contributed by atoms with Crippen molar-refractivity contribution >= 4 is 23.5 Å². The lowest BCUT2D eigenvalue weighted by atomic mass is 10.2. The molecule has 1 atom stereocenters. The quantitative estimate of drug-likeness (QED) is 0.569. The fourth-order valence-corrected chi connectivity index (χ4v) is 1.87. The second kappa shape index (κ2) is 8.44. The first-order chi connectivity index (χ1) is 10.3. The average molecular weight is 327 g/mol. The summed E-state index contributed by atoms with van der Waals surface area (Å²) in [4.78, 5) is 23.5. The zero-order valence-corrected chi connectivity index (χ0v) is 13.6. The Morgan fingerprint density at radius 2 is 2.05 bits per heavy atom. The van der Waals surface area contributed by atoms with Crippen LogP contribution in [0.5, 0.6) is 5.75 Å². The zero-order valence-electron chi connectivity index (χ0n) is 12.8. The van der Waals surface area contributed by atoms with E-state index in [9.17, 15) is 9.59 Å². The molecule has 0 aliphatic heterocycles. The zero-order chi connectivity index (χ0) is 16.7. The number of hydrogen-bond acceptors (Lipinski definition) is 5. The third-order valence-electron chi connectivity index (χ3n) is 2.68. The van der Waals surface area contributed by atoms with Gasteiger partial charge in [0.25, 0.3) is 0 Å². The van der Waals surface area contributed by atoms with Gasteiger partial charge in [0, 0.05) is 5.02 Å². The molecule has 0 radical (unpaired) electrons. The normalized spacial score (nSPS) is 11.5. The monoisotopic (exact) mass is 326 g/mol. The fraction of sp³-hybridized carbons (Fsp3) is 0.375. The van der Waals surface area contributed by atoms with Crippen LogP contribution in [0.2, 0.25) is 5.02 Å².